The minimum absolute atomic E-state index is 0.00971. The Morgan fingerprint density at radius 2 is 1.57 bits per heavy atom. The molecule has 1 saturated heterocycles. The summed E-state index contributed by atoms with van der Waals surface area (Å²) in [4.78, 5) is 33.9. The van der Waals surface area contributed by atoms with E-state index < -0.39 is 11.9 Å². The van der Waals surface area contributed by atoms with E-state index in [1.807, 2.05) is 26.0 Å². The fraction of sp³-hybridized carbons (Fsp3) is 0.343. The number of nitrogens with zero attached hydrogens (tertiary/aromatic N) is 3. The number of nitrogens with one attached hydrogen (secondary N) is 1. The minimum atomic E-state index is -0.431. The molecule has 3 aromatic rings. The maximum atomic E-state index is 12.9. The molecule has 5 rings (SSSR count). The van der Waals surface area contributed by atoms with Crippen molar-refractivity contribution in [3.8, 4) is 0 Å². The Morgan fingerprint density at radius 3 is 2.12 bits per heavy atom. The Bertz CT molecular complexity index is 1390. The number of benzene rings is 2. The summed E-state index contributed by atoms with van der Waals surface area (Å²) in [6.45, 7) is 7.24. The van der Waals surface area contributed by atoms with Crippen molar-refractivity contribution in [3.05, 3.63) is 125 Å². The van der Waals surface area contributed by atoms with Crippen LogP contribution in [0, 0.1) is 0 Å². The van der Waals surface area contributed by atoms with E-state index in [0.717, 1.165) is 68.0 Å². The maximum absolute atomic E-state index is 12.9. The van der Waals surface area contributed by atoms with Crippen LogP contribution in [-0.2, 0) is 19.7 Å². The molecule has 0 saturated carbocycles. The molecule has 2 aliphatic rings. The van der Waals surface area contributed by atoms with Gasteiger partial charge in [0.25, 0.3) is 0 Å². The normalized spacial score (nSPS) is 18.8. The smallest absolute Gasteiger partial charge is 0.336 e. The molecule has 7 nitrogen and oxygen atoms in total. The zero-order chi connectivity index (χ0) is 29.5. The van der Waals surface area contributed by atoms with E-state index in [9.17, 15) is 9.59 Å². The number of piperidine rings is 1. The van der Waals surface area contributed by atoms with Crippen molar-refractivity contribution in [3.63, 3.8) is 0 Å². The lowest BCUT2D eigenvalue weighted by Crippen LogP contribution is -2.44. The Labute approximate surface area is 248 Å². The highest BCUT2D eigenvalue weighted by molar-refractivity contribution is 5.92. The topological polar surface area (TPSA) is 74.8 Å². The predicted octanol–water partition coefficient (Wildman–Crippen LogP) is 5.38. The van der Waals surface area contributed by atoms with Crippen LogP contribution in [0.1, 0.15) is 55.7 Å². The highest BCUT2D eigenvalue weighted by Crippen LogP contribution is 2.42. The highest BCUT2D eigenvalue weighted by Gasteiger charge is 2.38. The minimum Gasteiger partial charge on any atom is -0.466 e. The first kappa shape index (κ1) is 29.3. The van der Waals surface area contributed by atoms with Crippen LogP contribution in [0.15, 0.2) is 108 Å². The lowest BCUT2D eigenvalue weighted by molar-refractivity contribution is -0.136. The largest absolute Gasteiger partial charge is 0.466 e. The molecule has 0 aliphatic carbocycles. The Kier molecular flexibility index (Phi) is 9.18. The summed E-state index contributed by atoms with van der Waals surface area (Å²) in [5.74, 6) is -0.842. The molecule has 2 aromatic carbocycles. The number of esters is 1. The van der Waals surface area contributed by atoms with E-state index in [4.69, 9.17) is 4.74 Å². The van der Waals surface area contributed by atoms with Crippen LogP contribution in [0.2, 0.25) is 0 Å². The van der Waals surface area contributed by atoms with Gasteiger partial charge in [-0.3, -0.25) is 9.78 Å². The average molecular weight is 565 g/mol. The zero-order valence-electron chi connectivity index (χ0n) is 24.8. The molecule has 0 radical (unpaired) electrons. The number of carbonyl (C=O) groups excluding carboxylic acids is 2. The molecule has 3 heterocycles. The SMILES string of the molecule is COC(=O)C1=C(C)NC(C)=C(N(C=O)CCCN2CCC(c3ccccc3)(c3ccccc3)CC2)C1c1ccncc1. The van der Waals surface area contributed by atoms with Crippen LogP contribution in [0.25, 0.3) is 0 Å². The third-order valence-electron chi connectivity index (χ3n) is 8.84. The number of aromatic nitrogens is 1. The van der Waals surface area contributed by atoms with Gasteiger partial charge in [-0.25, -0.2) is 4.79 Å². The van der Waals surface area contributed by atoms with Gasteiger partial charge in [0, 0.05) is 35.7 Å². The van der Waals surface area contributed by atoms with Crippen molar-refractivity contribution in [2.75, 3.05) is 33.3 Å². The standard InChI is InChI=1S/C35H40N4O3/c1-26-31(34(41)42-3)32(28-15-19-36-20-16-28)33(27(2)37-26)39(25-40)22-10-21-38-23-17-35(18-24-38,29-11-6-4-7-12-29)30-13-8-5-9-14-30/h4-9,11-16,19-20,25,32,37H,10,17-18,21-24H2,1-3H3. The van der Waals surface area contributed by atoms with Gasteiger partial charge in [-0.05, 0) is 81.6 Å². The van der Waals surface area contributed by atoms with E-state index in [1.165, 1.54) is 18.2 Å². The lowest BCUT2D eigenvalue weighted by Gasteiger charge is -2.43. The van der Waals surface area contributed by atoms with Crippen LogP contribution in [0.4, 0.5) is 0 Å². The second kappa shape index (κ2) is 13.2. The Hall–Kier alpha value is -4.23. The fourth-order valence-electron chi connectivity index (χ4n) is 6.74. The molecule has 1 aromatic heterocycles. The van der Waals surface area contributed by atoms with Gasteiger partial charge in [-0.2, -0.15) is 0 Å². The number of carbonyl (C=O) groups is 2. The second-order valence-corrected chi connectivity index (χ2v) is 11.2. The molecule has 42 heavy (non-hydrogen) atoms. The number of hydrogen-bond donors (Lipinski definition) is 1. The van der Waals surface area contributed by atoms with Crippen molar-refractivity contribution in [1.82, 2.24) is 20.1 Å². The van der Waals surface area contributed by atoms with Crippen molar-refractivity contribution >= 4 is 12.4 Å². The summed E-state index contributed by atoms with van der Waals surface area (Å²) in [7, 11) is 1.39. The summed E-state index contributed by atoms with van der Waals surface area (Å²) in [6.07, 6.45) is 7.21. The molecule has 0 spiro atoms. The van der Waals surface area contributed by atoms with E-state index in [2.05, 4.69) is 75.9 Å². The van der Waals surface area contributed by atoms with E-state index in [1.54, 1.807) is 17.3 Å². The van der Waals surface area contributed by atoms with Crippen LogP contribution in [0.3, 0.4) is 0 Å². The first-order chi connectivity index (χ1) is 20.5. The van der Waals surface area contributed by atoms with Crippen LogP contribution in [-0.4, -0.2) is 60.5 Å². The van der Waals surface area contributed by atoms with Gasteiger partial charge in [0.1, 0.15) is 0 Å². The first-order valence-electron chi connectivity index (χ1n) is 14.7. The number of likely N-dealkylation sites (tertiary alicyclic amines) is 1. The molecule has 1 atom stereocenters. The number of amides is 1. The molecule has 1 unspecified atom stereocenters. The van der Waals surface area contributed by atoms with Gasteiger partial charge < -0.3 is 19.9 Å². The van der Waals surface area contributed by atoms with Gasteiger partial charge in [0.05, 0.1) is 24.3 Å². The third-order valence-corrected chi connectivity index (χ3v) is 8.84. The number of ether oxygens (including phenoxy) is 1. The fourth-order valence-corrected chi connectivity index (χ4v) is 6.74. The summed E-state index contributed by atoms with van der Waals surface area (Å²) in [5.41, 5.74) is 6.51. The number of pyridine rings is 1. The van der Waals surface area contributed by atoms with Gasteiger partial charge in [0.15, 0.2) is 0 Å². The molecule has 7 heteroatoms. The zero-order valence-corrected chi connectivity index (χ0v) is 24.8. The Balaban J connectivity index is 1.29. The highest BCUT2D eigenvalue weighted by atomic mass is 16.5. The van der Waals surface area contributed by atoms with E-state index in [-0.39, 0.29) is 5.41 Å². The summed E-state index contributed by atoms with van der Waals surface area (Å²) in [6, 6.07) is 25.5. The molecule has 0 bridgehead atoms. The maximum Gasteiger partial charge on any atom is 0.336 e. The number of allylic oxidation sites excluding steroid dienone is 3. The quantitative estimate of drug-likeness (QED) is 0.263. The van der Waals surface area contributed by atoms with Gasteiger partial charge in [-0.15, -0.1) is 0 Å². The van der Waals surface area contributed by atoms with Crippen LogP contribution < -0.4 is 5.32 Å². The molecular weight excluding hydrogens is 524 g/mol. The van der Waals surface area contributed by atoms with E-state index in [0.29, 0.717) is 12.1 Å². The van der Waals surface area contributed by atoms with E-state index >= 15 is 0 Å². The van der Waals surface area contributed by atoms with Gasteiger partial charge in [-0.1, -0.05) is 60.7 Å². The second-order valence-electron chi connectivity index (χ2n) is 11.2. The predicted molar refractivity (Wildman–Crippen MR) is 164 cm³/mol. The summed E-state index contributed by atoms with van der Waals surface area (Å²) in [5, 5.41) is 3.32. The van der Waals surface area contributed by atoms with Crippen molar-refractivity contribution in [2.24, 2.45) is 0 Å². The summed E-state index contributed by atoms with van der Waals surface area (Å²) >= 11 is 0. The van der Waals surface area contributed by atoms with Crippen molar-refractivity contribution in [2.45, 2.75) is 44.4 Å². The molecule has 1 N–H and O–H groups in total. The summed E-state index contributed by atoms with van der Waals surface area (Å²) < 4.78 is 5.16. The third kappa shape index (κ3) is 5.88. The average Bonchev–Trinajstić information content (AvgIpc) is 3.04. The first-order valence-corrected chi connectivity index (χ1v) is 14.7. The monoisotopic (exact) mass is 564 g/mol. The number of hydrogen-bond acceptors (Lipinski definition) is 6. The molecule has 2 aliphatic heterocycles. The number of rotatable bonds is 10. The molecule has 1 fully saturated rings. The van der Waals surface area contributed by atoms with Gasteiger partial charge in [0.2, 0.25) is 6.41 Å². The number of dihydropyridines is 1. The molecule has 1 amide bonds. The lowest BCUT2D eigenvalue weighted by atomic mass is 9.68. The molecule has 218 valence electrons. The van der Waals surface area contributed by atoms with Crippen LogP contribution >= 0.6 is 0 Å². The van der Waals surface area contributed by atoms with Crippen molar-refractivity contribution in [1.29, 1.82) is 0 Å². The number of methoxy groups -OCH3 is 1. The van der Waals surface area contributed by atoms with Gasteiger partial charge >= 0.3 is 5.97 Å². The van der Waals surface area contributed by atoms with Crippen molar-refractivity contribution < 1.29 is 14.3 Å². The van der Waals surface area contributed by atoms with Crippen LogP contribution in [0.5, 0.6) is 0 Å². The Morgan fingerprint density at radius 1 is 0.976 bits per heavy atom. The molecular formula is C35H40N4O3.